The van der Waals surface area contributed by atoms with Crippen LogP contribution in [0.3, 0.4) is 0 Å². The van der Waals surface area contributed by atoms with Crippen LogP contribution in [0.2, 0.25) is 0 Å². The minimum Gasteiger partial charge on any atom is -0.310 e. The molecule has 0 bridgehead atoms. The molecule has 2 nitrogen and oxygen atoms in total. The van der Waals surface area contributed by atoms with E-state index in [-0.39, 0.29) is 0 Å². The molecule has 0 heterocycles. The second-order valence-electron chi connectivity index (χ2n) is 9.89. The molecule has 0 radical (unpaired) electrons. The summed E-state index contributed by atoms with van der Waals surface area (Å²) in [7, 11) is 0. The Morgan fingerprint density at radius 1 is 0.463 bits per heavy atom. The molecule has 0 unspecified atom stereocenters. The van der Waals surface area contributed by atoms with Crippen molar-refractivity contribution >= 4 is 51.0 Å². The monoisotopic (exact) mass is 528 g/mol. The van der Waals surface area contributed by atoms with Gasteiger partial charge in [-0.3, -0.25) is 0 Å². The predicted octanol–water partition coefficient (Wildman–Crippen LogP) is 11.3. The van der Waals surface area contributed by atoms with Crippen LogP contribution in [0, 0.1) is 6.92 Å². The highest BCUT2D eigenvalue weighted by Gasteiger charge is 2.26. The van der Waals surface area contributed by atoms with E-state index in [1.165, 1.54) is 16.3 Å². The third kappa shape index (κ3) is 5.04. The molecule has 0 atom stereocenters. The molecule has 6 aromatic rings. The Labute approximate surface area is 242 Å². The maximum absolute atomic E-state index is 4.00. The smallest absolute Gasteiger partial charge is 0.0616 e. The van der Waals surface area contributed by atoms with Gasteiger partial charge >= 0.3 is 0 Å². The molecular weight excluding hydrogens is 496 g/mol. The first-order valence-electron chi connectivity index (χ1n) is 13.9. The summed E-state index contributed by atoms with van der Waals surface area (Å²) < 4.78 is 0. The first-order valence-corrected chi connectivity index (χ1v) is 13.9. The average Bonchev–Trinajstić information content (AvgIpc) is 3.04. The molecule has 41 heavy (non-hydrogen) atoms. The van der Waals surface area contributed by atoms with Crippen LogP contribution in [-0.2, 0) is 0 Å². The van der Waals surface area contributed by atoms with Crippen LogP contribution in [-0.4, -0.2) is 0 Å². The van der Waals surface area contributed by atoms with Gasteiger partial charge in [-0.1, -0.05) is 122 Å². The van der Waals surface area contributed by atoms with Crippen LogP contribution in [0.5, 0.6) is 0 Å². The molecule has 198 valence electrons. The van der Waals surface area contributed by atoms with Crippen LogP contribution < -0.4 is 9.80 Å². The number of rotatable bonds is 8. The predicted molar refractivity (Wildman–Crippen MR) is 177 cm³/mol. The summed E-state index contributed by atoms with van der Waals surface area (Å²) in [5.74, 6) is 0. The van der Waals surface area contributed by atoms with Crippen molar-refractivity contribution in [2.75, 3.05) is 9.80 Å². The maximum Gasteiger partial charge on any atom is 0.0616 e. The molecule has 2 heteroatoms. The molecule has 0 fully saturated rings. The lowest BCUT2D eigenvalue weighted by atomic mass is 9.93. The van der Waals surface area contributed by atoms with Crippen LogP contribution in [0.1, 0.15) is 11.1 Å². The molecule has 0 aliphatic heterocycles. The molecule has 0 aromatic heterocycles. The summed E-state index contributed by atoms with van der Waals surface area (Å²) >= 11 is 0. The lowest BCUT2D eigenvalue weighted by Gasteiger charge is -2.34. The van der Waals surface area contributed by atoms with Gasteiger partial charge in [0.25, 0.3) is 0 Å². The number of anilines is 6. The fourth-order valence-electron chi connectivity index (χ4n) is 5.57. The Bertz CT molecular complexity index is 1710. The highest BCUT2D eigenvalue weighted by atomic mass is 15.2. The van der Waals surface area contributed by atoms with Gasteiger partial charge < -0.3 is 9.80 Å². The normalized spacial score (nSPS) is 11.0. The van der Waals surface area contributed by atoms with Crippen molar-refractivity contribution in [3.63, 3.8) is 0 Å². The van der Waals surface area contributed by atoms with Crippen molar-refractivity contribution in [1.29, 1.82) is 0 Å². The quantitative estimate of drug-likeness (QED) is 0.181. The lowest BCUT2D eigenvalue weighted by Crippen LogP contribution is -2.16. The van der Waals surface area contributed by atoms with Crippen molar-refractivity contribution < 1.29 is 0 Å². The van der Waals surface area contributed by atoms with Crippen LogP contribution >= 0.6 is 0 Å². The minimum absolute atomic E-state index is 1.10. The van der Waals surface area contributed by atoms with Gasteiger partial charge in [0.2, 0.25) is 0 Å². The van der Waals surface area contributed by atoms with E-state index in [1.807, 2.05) is 12.2 Å². The van der Waals surface area contributed by atoms with Gasteiger partial charge in [0.05, 0.1) is 11.4 Å². The minimum atomic E-state index is 1.10. The fourth-order valence-corrected chi connectivity index (χ4v) is 5.57. The van der Waals surface area contributed by atoms with E-state index in [2.05, 4.69) is 175 Å². The highest BCUT2D eigenvalue weighted by molar-refractivity contribution is 6.12. The summed E-state index contributed by atoms with van der Waals surface area (Å²) in [5.41, 5.74) is 9.05. The van der Waals surface area contributed by atoms with Crippen LogP contribution in [0.4, 0.5) is 34.1 Å². The van der Waals surface area contributed by atoms with E-state index in [0.717, 1.165) is 39.7 Å². The highest BCUT2D eigenvalue weighted by Crippen LogP contribution is 2.49. The summed E-state index contributed by atoms with van der Waals surface area (Å²) in [6.07, 6.45) is 6.08. The molecule has 0 spiro atoms. The number of hydrogen-bond donors (Lipinski definition) is 0. The Morgan fingerprint density at radius 3 is 1.20 bits per heavy atom. The van der Waals surface area contributed by atoms with Gasteiger partial charge in [-0.15, -0.1) is 0 Å². The molecule has 6 rings (SSSR count). The van der Waals surface area contributed by atoms with Crippen LogP contribution in [0.25, 0.3) is 16.8 Å². The second-order valence-corrected chi connectivity index (χ2v) is 9.89. The van der Waals surface area contributed by atoms with E-state index in [0.29, 0.717) is 0 Å². The van der Waals surface area contributed by atoms with Crippen molar-refractivity contribution in [2.24, 2.45) is 0 Å². The van der Waals surface area contributed by atoms with Gasteiger partial charge in [-0.05, 0) is 61.0 Å². The van der Waals surface area contributed by atoms with E-state index in [4.69, 9.17) is 0 Å². The van der Waals surface area contributed by atoms with Crippen molar-refractivity contribution in [2.45, 2.75) is 6.92 Å². The van der Waals surface area contributed by atoms with E-state index < -0.39 is 0 Å². The zero-order valence-corrected chi connectivity index (χ0v) is 23.2. The molecule has 0 aliphatic carbocycles. The molecule has 6 aromatic carbocycles. The average molecular weight is 529 g/mol. The first kappa shape index (κ1) is 25.9. The second kappa shape index (κ2) is 11.8. The Morgan fingerprint density at radius 2 is 0.805 bits per heavy atom. The molecule has 0 saturated heterocycles. The number of para-hydroxylation sites is 4. The zero-order chi connectivity index (χ0) is 28.0. The van der Waals surface area contributed by atoms with Crippen molar-refractivity contribution in [3.8, 4) is 0 Å². The third-order valence-corrected chi connectivity index (χ3v) is 7.36. The molecule has 0 N–H and O–H groups in total. The summed E-state index contributed by atoms with van der Waals surface area (Å²) in [4.78, 5) is 4.75. The van der Waals surface area contributed by atoms with E-state index in [1.54, 1.807) is 0 Å². The van der Waals surface area contributed by atoms with Crippen molar-refractivity contribution in [1.82, 2.24) is 0 Å². The largest absolute Gasteiger partial charge is 0.310 e. The summed E-state index contributed by atoms with van der Waals surface area (Å²) in [6, 6.07) is 51.2. The van der Waals surface area contributed by atoms with Gasteiger partial charge in [0, 0.05) is 39.1 Å². The van der Waals surface area contributed by atoms with E-state index in [9.17, 15) is 0 Å². The Hall–Kier alpha value is -5.34. The number of hydrogen-bond acceptors (Lipinski definition) is 2. The standard InChI is InChI=1S/C39H32N2/c1-3-4-27-35-30(2)38(40(31-19-9-5-10-20-31)32-21-11-6-12-22-32)36-28-17-18-29-37(36)39(35)41(33-23-13-7-14-24-33)34-25-15-8-16-26-34/h3-29H,1H2,2H3/b27-4-. The third-order valence-electron chi connectivity index (χ3n) is 7.36. The molecular formula is C39H32N2. The van der Waals surface area contributed by atoms with E-state index >= 15 is 0 Å². The number of fused-ring (bicyclic) bond motifs is 1. The topological polar surface area (TPSA) is 6.48 Å². The van der Waals surface area contributed by atoms with Crippen molar-refractivity contribution in [3.05, 3.63) is 175 Å². The first-order chi connectivity index (χ1) is 20.3. The number of allylic oxidation sites excluding steroid dienone is 2. The van der Waals surface area contributed by atoms with Gasteiger partial charge in [-0.2, -0.15) is 0 Å². The van der Waals surface area contributed by atoms with Gasteiger partial charge in [0.1, 0.15) is 0 Å². The van der Waals surface area contributed by atoms with Gasteiger partial charge in [0.15, 0.2) is 0 Å². The number of benzene rings is 6. The molecule has 0 saturated carbocycles. The van der Waals surface area contributed by atoms with Crippen LogP contribution in [0.15, 0.2) is 164 Å². The maximum atomic E-state index is 4.00. The zero-order valence-electron chi connectivity index (χ0n) is 23.2. The lowest BCUT2D eigenvalue weighted by molar-refractivity contribution is 1.24. The SMILES string of the molecule is C=C/C=C\c1c(C)c(N(c2ccccc2)c2ccccc2)c2ccccc2c1N(c1ccccc1)c1ccccc1. The molecule has 0 amide bonds. The summed E-state index contributed by atoms with van der Waals surface area (Å²) in [6.45, 7) is 6.24. The Kier molecular flexibility index (Phi) is 7.46. The fraction of sp³-hybridized carbons (Fsp3) is 0.0256. The summed E-state index contributed by atoms with van der Waals surface area (Å²) in [5, 5.41) is 2.35. The van der Waals surface area contributed by atoms with Gasteiger partial charge in [-0.25, -0.2) is 0 Å². The Balaban J connectivity index is 1.75. The number of nitrogens with zero attached hydrogens (tertiary/aromatic N) is 2. The molecule has 0 aliphatic rings.